The fraction of sp³-hybridized carbons (Fsp3) is 0.636. The number of rotatable bonds is 5. The lowest BCUT2D eigenvalue weighted by atomic mass is 10.0. The van der Waals surface area contributed by atoms with Gasteiger partial charge in [-0.05, 0) is 36.2 Å². The van der Waals surface area contributed by atoms with E-state index in [0.717, 1.165) is 0 Å². The lowest BCUT2D eigenvalue weighted by Crippen LogP contribution is -2.44. The molecule has 1 aromatic rings. The molecule has 0 radical (unpaired) electrons. The van der Waals surface area contributed by atoms with Crippen molar-refractivity contribution < 1.29 is 12.8 Å². The van der Waals surface area contributed by atoms with Gasteiger partial charge < -0.3 is 10.2 Å². The van der Waals surface area contributed by atoms with E-state index in [-0.39, 0.29) is 16.1 Å². The van der Waals surface area contributed by atoms with E-state index in [0.29, 0.717) is 12.2 Å². The summed E-state index contributed by atoms with van der Waals surface area (Å²) < 4.78 is 31.8. The van der Waals surface area contributed by atoms with E-state index in [4.69, 9.17) is 10.2 Å². The zero-order chi connectivity index (χ0) is 14.1. The lowest BCUT2D eigenvalue weighted by Gasteiger charge is -2.33. The predicted molar refractivity (Wildman–Crippen MR) is 73.6 cm³/mol. The van der Waals surface area contributed by atoms with Gasteiger partial charge >= 0.3 is 0 Å². The van der Waals surface area contributed by atoms with Gasteiger partial charge in [-0.25, -0.2) is 8.42 Å². The Kier molecular flexibility index (Phi) is 4.64. The van der Waals surface area contributed by atoms with Gasteiger partial charge in [0.05, 0.1) is 6.54 Å². The predicted octanol–water partition coefficient (Wildman–Crippen LogP) is 2.31. The molecule has 0 spiro atoms. The highest BCUT2D eigenvalue weighted by atomic mass is 79.9. The molecule has 5 nitrogen and oxygen atoms in total. The van der Waals surface area contributed by atoms with Crippen LogP contribution in [0.3, 0.4) is 0 Å². The molecule has 2 N–H and O–H groups in total. The molecule has 0 aliphatic carbocycles. The number of furan rings is 1. The van der Waals surface area contributed by atoms with Gasteiger partial charge in [-0.3, -0.25) is 0 Å². The topological polar surface area (TPSA) is 76.5 Å². The smallest absolute Gasteiger partial charge is 0.247 e. The Balaban J connectivity index is 3.25. The third kappa shape index (κ3) is 2.79. The Morgan fingerprint density at radius 1 is 1.50 bits per heavy atom. The number of hydrogen-bond donors (Lipinski definition) is 1. The number of sulfonamides is 1. The van der Waals surface area contributed by atoms with Gasteiger partial charge in [0.2, 0.25) is 10.0 Å². The quantitative estimate of drug-likeness (QED) is 0.893. The van der Waals surface area contributed by atoms with Crippen LogP contribution in [0.1, 0.15) is 33.0 Å². The summed E-state index contributed by atoms with van der Waals surface area (Å²) in [6.45, 7) is 5.86. The third-order valence-electron chi connectivity index (χ3n) is 3.26. The summed E-state index contributed by atoms with van der Waals surface area (Å²) in [5.74, 6) is 0.433. The molecule has 0 atom stereocenters. The summed E-state index contributed by atoms with van der Waals surface area (Å²) in [6, 6.07) is 1.46. The van der Waals surface area contributed by atoms with Gasteiger partial charge in [0.1, 0.15) is 10.7 Å². The van der Waals surface area contributed by atoms with Crippen LogP contribution in [0.5, 0.6) is 0 Å². The van der Waals surface area contributed by atoms with Crippen molar-refractivity contribution in [3.05, 3.63) is 16.5 Å². The van der Waals surface area contributed by atoms with Crippen molar-refractivity contribution >= 4 is 26.0 Å². The van der Waals surface area contributed by atoms with Crippen LogP contribution in [0.15, 0.2) is 20.0 Å². The highest BCUT2D eigenvalue weighted by molar-refractivity contribution is 9.10. The highest BCUT2D eigenvalue weighted by Gasteiger charge is 2.35. The molecule has 1 heterocycles. The summed E-state index contributed by atoms with van der Waals surface area (Å²) in [7, 11) is -2.02. The first-order valence-electron chi connectivity index (χ1n) is 5.64. The SMILES string of the molecule is CCC(C)(C)N(C)S(=O)(=O)c1cc(CN)oc1Br. The minimum absolute atomic E-state index is 0.118. The monoisotopic (exact) mass is 338 g/mol. The van der Waals surface area contributed by atoms with Crippen molar-refractivity contribution in [1.82, 2.24) is 4.31 Å². The van der Waals surface area contributed by atoms with Crippen molar-refractivity contribution in [2.24, 2.45) is 5.73 Å². The summed E-state index contributed by atoms with van der Waals surface area (Å²) in [5.41, 5.74) is 4.98. The Morgan fingerprint density at radius 2 is 2.06 bits per heavy atom. The van der Waals surface area contributed by atoms with Crippen LogP contribution in [0.2, 0.25) is 0 Å². The summed E-state index contributed by atoms with van der Waals surface area (Å²) in [6.07, 6.45) is 0.710. The van der Waals surface area contributed by atoms with Crippen molar-refractivity contribution in [2.75, 3.05) is 7.05 Å². The van der Waals surface area contributed by atoms with E-state index in [2.05, 4.69) is 15.9 Å². The van der Waals surface area contributed by atoms with Crippen molar-refractivity contribution in [1.29, 1.82) is 0 Å². The van der Waals surface area contributed by atoms with E-state index < -0.39 is 15.6 Å². The molecule has 0 aliphatic heterocycles. The molecule has 0 aromatic carbocycles. The average molecular weight is 339 g/mol. The Morgan fingerprint density at radius 3 is 2.44 bits per heavy atom. The molecule has 0 aliphatic rings. The lowest BCUT2D eigenvalue weighted by molar-refractivity contribution is 0.257. The number of nitrogens with zero attached hydrogens (tertiary/aromatic N) is 1. The molecule has 0 unspecified atom stereocenters. The van der Waals surface area contributed by atoms with Crippen molar-refractivity contribution in [2.45, 2.75) is 44.2 Å². The Bertz CT molecular complexity index is 522. The second kappa shape index (κ2) is 5.32. The largest absolute Gasteiger partial charge is 0.452 e. The van der Waals surface area contributed by atoms with E-state index >= 15 is 0 Å². The van der Waals surface area contributed by atoms with E-state index in [9.17, 15) is 8.42 Å². The highest BCUT2D eigenvalue weighted by Crippen LogP contribution is 2.31. The molecule has 0 saturated heterocycles. The molecule has 0 fully saturated rings. The molecule has 0 bridgehead atoms. The number of halogens is 1. The van der Waals surface area contributed by atoms with Crippen LogP contribution in [0, 0.1) is 0 Å². The van der Waals surface area contributed by atoms with Crippen molar-refractivity contribution in [3.63, 3.8) is 0 Å². The molecule has 104 valence electrons. The number of hydrogen-bond acceptors (Lipinski definition) is 4. The molecule has 7 heteroatoms. The zero-order valence-corrected chi connectivity index (χ0v) is 13.4. The minimum atomic E-state index is -3.59. The van der Waals surface area contributed by atoms with Gasteiger partial charge in [-0.15, -0.1) is 0 Å². The summed E-state index contributed by atoms with van der Waals surface area (Å²) in [4.78, 5) is 0.118. The van der Waals surface area contributed by atoms with Crippen LogP contribution in [-0.4, -0.2) is 25.3 Å². The fourth-order valence-corrected chi connectivity index (χ4v) is 3.91. The van der Waals surface area contributed by atoms with Crippen molar-refractivity contribution in [3.8, 4) is 0 Å². The summed E-state index contributed by atoms with van der Waals surface area (Å²) in [5, 5.41) is 0. The summed E-state index contributed by atoms with van der Waals surface area (Å²) >= 11 is 3.12. The first-order chi connectivity index (χ1) is 8.16. The van der Waals surface area contributed by atoms with Crippen LogP contribution in [0.4, 0.5) is 0 Å². The van der Waals surface area contributed by atoms with Gasteiger partial charge in [0, 0.05) is 18.7 Å². The first kappa shape index (κ1) is 15.7. The van der Waals surface area contributed by atoms with Crippen LogP contribution < -0.4 is 5.73 Å². The number of nitrogens with two attached hydrogens (primary N) is 1. The standard InChI is InChI=1S/C11H19BrN2O3S/c1-5-11(2,3)14(4)18(15,16)9-6-8(7-13)17-10(9)12/h6H,5,7,13H2,1-4H3. The third-order valence-corrected chi connectivity index (χ3v) is 6.19. The van der Waals surface area contributed by atoms with E-state index in [1.165, 1.54) is 10.4 Å². The van der Waals surface area contributed by atoms with Crippen LogP contribution >= 0.6 is 15.9 Å². The average Bonchev–Trinajstić information content (AvgIpc) is 2.70. The Labute approximate surface area is 117 Å². The maximum absolute atomic E-state index is 12.5. The maximum Gasteiger partial charge on any atom is 0.247 e. The van der Waals surface area contributed by atoms with Gasteiger partial charge in [0.25, 0.3) is 0 Å². The van der Waals surface area contributed by atoms with E-state index in [1.54, 1.807) is 7.05 Å². The maximum atomic E-state index is 12.5. The first-order valence-corrected chi connectivity index (χ1v) is 7.87. The molecule has 18 heavy (non-hydrogen) atoms. The second-order valence-corrected chi connectivity index (χ2v) is 7.35. The molecule has 1 rings (SSSR count). The molecular formula is C11H19BrN2O3S. The molecule has 1 aromatic heterocycles. The van der Waals surface area contributed by atoms with Crippen LogP contribution in [0.25, 0.3) is 0 Å². The van der Waals surface area contributed by atoms with Gasteiger partial charge in [-0.2, -0.15) is 4.31 Å². The molecule has 0 amide bonds. The molecular weight excluding hydrogens is 320 g/mol. The van der Waals surface area contributed by atoms with Gasteiger partial charge in [-0.1, -0.05) is 6.92 Å². The fourth-order valence-electron chi connectivity index (χ4n) is 1.37. The Hall–Kier alpha value is -0.370. The minimum Gasteiger partial charge on any atom is -0.452 e. The van der Waals surface area contributed by atoms with Gasteiger partial charge in [0.15, 0.2) is 4.67 Å². The van der Waals surface area contributed by atoms with Crippen LogP contribution in [-0.2, 0) is 16.6 Å². The zero-order valence-electron chi connectivity index (χ0n) is 11.0. The van der Waals surface area contributed by atoms with E-state index in [1.807, 2.05) is 20.8 Å². The second-order valence-electron chi connectivity index (χ2n) is 4.69. The molecule has 0 saturated carbocycles. The normalized spacial score (nSPS) is 13.3.